The van der Waals surface area contributed by atoms with Crippen molar-refractivity contribution in [2.45, 2.75) is 53.0 Å². The molecule has 0 aromatic heterocycles. The summed E-state index contributed by atoms with van der Waals surface area (Å²) in [4.78, 5) is 10.2. The molecule has 246 valence electrons. The van der Waals surface area contributed by atoms with Crippen molar-refractivity contribution in [2.75, 3.05) is 138 Å². The van der Waals surface area contributed by atoms with E-state index in [0.717, 1.165) is 111 Å². The van der Waals surface area contributed by atoms with E-state index in [-0.39, 0.29) is 5.54 Å². The van der Waals surface area contributed by atoms with Gasteiger partial charge >= 0.3 is 0 Å². The molecule has 11 heteroatoms. The van der Waals surface area contributed by atoms with E-state index in [0.29, 0.717) is 25.2 Å². The Balaban J connectivity index is 2.54. The molecular weight excluding hydrogens is 514 g/mol. The van der Waals surface area contributed by atoms with Gasteiger partial charge in [0.25, 0.3) is 0 Å². The van der Waals surface area contributed by atoms with Crippen LogP contribution in [0.15, 0.2) is 0 Å². The van der Waals surface area contributed by atoms with Crippen LogP contribution in [0, 0.1) is 5.41 Å². The molecule has 0 aliphatic carbocycles. The summed E-state index contributed by atoms with van der Waals surface area (Å²) in [5.41, 5.74) is 18.0. The lowest BCUT2D eigenvalue weighted by Gasteiger charge is -2.30. The van der Waals surface area contributed by atoms with Crippen LogP contribution in [0.3, 0.4) is 0 Å². The predicted molar refractivity (Wildman–Crippen MR) is 177 cm³/mol. The van der Waals surface area contributed by atoms with E-state index in [4.69, 9.17) is 17.2 Å². The fourth-order valence-corrected chi connectivity index (χ4v) is 5.12. The van der Waals surface area contributed by atoms with Crippen LogP contribution in [0.25, 0.3) is 0 Å². The molecule has 1 saturated heterocycles. The Morgan fingerprint density at radius 2 is 1.20 bits per heavy atom. The minimum absolute atomic E-state index is 0.254. The quantitative estimate of drug-likeness (QED) is 0.0525. The zero-order valence-corrected chi connectivity index (χ0v) is 27.8. The van der Waals surface area contributed by atoms with Crippen molar-refractivity contribution in [1.29, 1.82) is 0 Å². The van der Waals surface area contributed by atoms with Gasteiger partial charge in [-0.05, 0) is 45.2 Å². The van der Waals surface area contributed by atoms with Gasteiger partial charge in [-0.15, -0.1) is 0 Å². The lowest BCUT2D eigenvalue weighted by Crippen LogP contribution is -2.46. The highest BCUT2D eigenvalue weighted by Gasteiger charge is 2.21. The van der Waals surface area contributed by atoms with Crippen LogP contribution >= 0.6 is 0 Å². The Bertz CT molecular complexity index is 593. The second-order valence-corrected chi connectivity index (χ2v) is 13.5. The monoisotopic (exact) mass is 586 g/mol. The molecule has 10 N–H and O–H groups in total. The van der Waals surface area contributed by atoms with Crippen LogP contribution in [0.5, 0.6) is 0 Å². The van der Waals surface area contributed by atoms with Crippen molar-refractivity contribution in [2.24, 2.45) is 22.6 Å². The highest BCUT2D eigenvalue weighted by molar-refractivity contribution is 4.83. The second-order valence-electron chi connectivity index (χ2n) is 13.5. The van der Waals surface area contributed by atoms with Crippen LogP contribution in [-0.2, 0) is 0 Å². The number of nitrogens with two attached hydrogens (primary N) is 3. The number of hydrogen-bond acceptors (Lipinski definition) is 11. The SMILES string of the molecule is CC(C)(C)CCNCCN(CCN(CCN)CCN)CCN(CCNCN)CCNCCN1CCNC(C)(C)CC1. The summed E-state index contributed by atoms with van der Waals surface area (Å²) in [5, 5.41) is 14.3. The van der Waals surface area contributed by atoms with Gasteiger partial charge in [0.05, 0.1) is 0 Å². The predicted octanol–water partition coefficient (Wildman–Crippen LogP) is -0.995. The topological polar surface area (TPSA) is 139 Å². The van der Waals surface area contributed by atoms with E-state index in [1.807, 2.05) is 0 Å². The minimum Gasteiger partial charge on any atom is -0.329 e. The zero-order chi connectivity index (χ0) is 30.4. The first-order valence-electron chi connectivity index (χ1n) is 16.5. The molecule has 11 nitrogen and oxygen atoms in total. The van der Waals surface area contributed by atoms with E-state index >= 15 is 0 Å². The zero-order valence-electron chi connectivity index (χ0n) is 27.8. The summed E-state index contributed by atoms with van der Waals surface area (Å²) < 4.78 is 0. The molecule has 1 heterocycles. The molecule has 0 aromatic rings. The minimum atomic E-state index is 0.254. The van der Waals surface area contributed by atoms with E-state index in [9.17, 15) is 0 Å². The van der Waals surface area contributed by atoms with Gasteiger partial charge in [0.1, 0.15) is 0 Å². The Kier molecular flexibility index (Phi) is 21.7. The lowest BCUT2D eigenvalue weighted by atomic mass is 9.92. The number of hydrogen-bond donors (Lipinski definition) is 7. The molecule has 1 rings (SSSR count). The third kappa shape index (κ3) is 21.8. The Labute approximate surface area is 254 Å². The van der Waals surface area contributed by atoms with E-state index in [1.54, 1.807) is 0 Å². The van der Waals surface area contributed by atoms with Crippen molar-refractivity contribution < 1.29 is 0 Å². The van der Waals surface area contributed by atoms with Gasteiger partial charge in [-0.1, -0.05) is 20.8 Å². The molecule has 0 spiro atoms. The van der Waals surface area contributed by atoms with Crippen LogP contribution in [0.2, 0.25) is 0 Å². The maximum Gasteiger partial charge on any atom is 0.0429 e. The highest BCUT2D eigenvalue weighted by Crippen LogP contribution is 2.16. The first kappa shape index (κ1) is 38.6. The molecular formula is C30H71N11. The molecule has 0 radical (unpaired) electrons. The van der Waals surface area contributed by atoms with Gasteiger partial charge < -0.3 is 43.4 Å². The molecule has 0 amide bonds. The fourth-order valence-electron chi connectivity index (χ4n) is 5.12. The molecule has 0 atom stereocenters. The van der Waals surface area contributed by atoms with Crippen LogP contribution in [0.1, 0.15) is 47.5 Å². The van der Waals surface area contributed by atoms with Gasteiger partial charge in [-0.25, -0.2) is 0 Å². The molecule has 1 fully saturated rings. The Morgan fingerprint density at radius 3 is 1.73 bits per heavy atom. The number of rotatable bonds is 25. The van der Waals surface area contributed by atoms with Crippen molar-refractivity contribution in [3.63, 3.8) is 0 Å². The summed E-state index contributed by atoms with van der Waals surface area (Å²) in [6.07, 6.45) is 2.39. The summed E-state index contributed by atoms with van der Waals surface area (Å²) in [7, 11) is 0. The summed E-state index contributed by atoms with van der Waals surface area (Å²) in [6, 6.07) is 0. The smallest absolute Gasteiger partial charge is 0.0429 e. The average molecular weight is 586 g/mol. The molecule has 0 unspecified atom stereocenters. The van der Waals surface area contributed by atoms with Gasteiger partial charge in [0, 0.05) is 130 Å². The molecule has 1 aliphatic rings. The fraction of sp³-hybridized carbons (Fsp3) is 1.00. The molecule has 0 saturated carbocycles. The summed E-state index contributed by atoms with van der Waals surface area (Å²) in [5.74, 6) is 0. The maximum absolute atomic E-state index is 5.86. The molecule has 0 aromatic carbocycles. The van der Waals surface area contributed by atoms with Crippen LogP contribution in [0.4, 0.5) is 0 Å². The second kappa shape index (κ2) is 23.0. The largest absolute Gasteiger partial charge is 0.329 e. The Morgan fingerprint density at radius 1 is 0.683 bits per heavy atom. The van der Waals surface area contributed by atoms with Gasteiger partial charge in [-0.2, -0.15) is 0 Å². The highest BCUT2D eigenvalue weighted by atomic mass is 15.2. The van der Waals surface area contributed by atoms with Crippen molar-refractivity contribution >= 4 is 0 Å². The molecule has 41 heavy (non-hydrogen) atoms. The first-order chi connectivity index (χ1) is 19.6. The summed E-state index contributed by atoms with van der Waals surface area (Å²) in [6.45, 7) is 32.0. The van der Waals surface area contributed by atoms with Crippen LogP contribution in [-0.4, -0.2) is 163 Å². The standard InChI is InChI=1S/C30H71N11/c1-29(2,3)6-10-34-11-21-41(26-24-39(17-8-31)18-9-32)27-25-40(22-14-36-28-33)20-13-35-12-19-38-16-7-30(4,5)37-15-23-38/h34-37H,6-28,31-33H2,1-5H3. The number of nitrogens with zero attached hydrogens (tertiary/aromatic N) is 4. The van der Waals surface area contributed by atoms with Gasteiger partial charge in [-0.3, -0.25) is 14.7 Å². The van der Waals surface area contributed by atoms with E-state index in [1.165, 1.54) is 19.4 Å². The molecule has 1 aliphatic heterocycles. The average Bonchev–Trinajstić information content (AvgIpc) is 3.08. The third-order valence-electron chi connectivity index (χ3n) is 8.06. The molecule has 0 bridgehead atoms. The normalized spacial score (nSPS) is 16.8. The number of nitrogens with one attached hydrogen (secondary N) is 4. The van der Waals surface area contributed by atoms with Gasteiger partial charge in [0.2, 0.25) is 0 Å². The van der Waals surface area contributed by atoms with Crippen molar-refractivity contribution in [1.82, 2.24) is 40.9 Å². The van der Waals surface area contributed by atoms with E-state index < -0.39 is 0 Å². The maximum atomic E-state index is 5.86. The van der Waals surface area contributed by atoms with Crippen molar-refractivity contribution in [3.8, 4) is 0 Å². The first-order valence-corrected chi connectivity index (χ1v) is 16.5. The third-order valence-corrected chi connectivity index (χ3v) is 8.06. The Hall–Kier alpha value is -0.440. The summed E-state index contributed by atoms with van der Waals surface area (Å²) >= 11 is 0. The lowest BCUT2D eigenvalue weighted by molar-refractivity contribution is 0.177. The van der Waals surface area contributed by atoms with E-state index in [2.05, 4.69) is 75.5 Å². The van der Waals surface area contributed by atoms with Gasteiger partial charge in [0.15, 0.2) is 0 Å². The van der Waals surface area contributed by atoms with Crippen molar-refractivity contribution in [3.05, 3.63) is 0 Å². The van der Waals surface area contributed by atoms with Crippen LogP contribution < -0.4 is 38.5 Å².